The molecule has 0 aliphatic heterocycles. The van der Waals surface area contributed by atoms with Crippen LogP contribution in [0.25, 0.3) is 0 Å². The van der Waals surface area contributed by atoms with Gasteiger partial charge < -0.3 is 15.3 Å². The van der Waals surface area contributed by atoms with Crippen molar-refractivity contribution < 1.29 is 45.0 Å². The van der Waals surface area contributed by atoms with Crippen molar-refractivity contribution in [3.63, 3.8) is 0 Å². The van der Waals surface area contributed by atoms with Gasteiger partial charge in [0.1, 0.15) is 0 Å². The predicted octanol–water partition coefficient (Wildman–Crippen LogP) is -0.239. The Morgan fingerprint density at radius 2 is 1.40 bits per heavy atom. The zero-order valence-corrected chi connectivity index (χ0v) is 4.29. The molecule has 0 aromatic rings. The fourth-order valence-electron chi connectivity index (χ4n) is 0. The molecule has 0 aliphatic carbocycles. The third-order valence-corrected chi connectivity index (χ3v) is 0. The van der Waals surface area contributed by atoms with Crippen LogP contribution in [0.15, 0.2) is 0 Å². The number of hydrogen-bond acceptors (Lipinski definition) is 3. The summed E-state index contributed by atoms with van der Waals surface area (Å²) >= 11 is 0. The molecule has 0 bridgehead atoms. The van der Waals surface area contributed by atoms with Gasteiger partial charge in [0, 0.05) is 0 Å². The van der Waals surface area contributed by atoms with E-state index >= 15 is 0 Å². The van der Waals surface area contributed by atoms with Crippen LogP contribution in [0.5, 0.6) is 0 Å². The Labute approximate surface area is 60.0 Å². The van der Waals surface area contributed by atoms with E-state index in [0.29, 0.717) is 0 Å². The van der Waals surface area contributed by atoms with Gasteiger partial charge >= 0.3 is 39.9 Å². The molecule has 0 aromatic heterocycles. The molecule has 0 atom stereocenters. The Hall–Kier alpha value is 0.525. The summed E-state index contributed by atoms with van der Waals surface area (Å²) in [6, 6.07) is 0. The van der Waals surface area contributed by atoms with E-state index < -0.39 is 5.09 Å². The Kier molecular flexibility index (Phi) is 8.24. The third-order valence-electron chi connectivity index (χ3n) is 0. The molecule has 0 unspecified atom stereocenters. The molecule has 0 N–H and O–H groups in total. The van der Waals surface area contributed by atoms with Crippen LogP contribution < -0.4 is 0 Å². The van der Waals surface area contributed by atoms with Gasteiger partial charge in [0.2, 0.25) is 0 Å². The normalized spacial score (nSPS) is 4.80. The fourth-order valence-corrected chi connectivity index (χ4v) is 0. The number of hydrogen-bond donors (Lipinski definition) is 0. The van der Waals surface area contributed by atoms with Crippen molar-refractivity contribution in [3.05, 3.63) is 15.3 Å². The van der Waals surface area contributed by atoms with Gasteiger partial charge in [-0.3, -0.25) is 0 Å². The zero-order chi connectivity index (χ0) is 3.58. The topological polar surface area (TPSA) is 66.2 Å². The van der Waals surface area contributed by atoms with Crippen molar-refractivity contribution in [2.75, 3.05) is 0 Å². The van der Waals surface area contributed by atoms with Crippen molar-refractivity contribution in [3.8, 4) is 0 Å². The van der Waals surface area contributed by atoms with Crippen LogP contribution in [0.1, 0.15) is 0 Å². The minimum absolute atomic E-state index is 0. The van der Waals surface area contributed by atoms with E-state index in [1.807, 2.05) is 0 Å². The number of nitrogens with zero attached hydrogens (tertiary/aromatic N) is 1. The molecule has 0 aromatic carbocycles. The van der Waals surface area contributed by atoms with Gasteiger partial charge in [-0.15, -0.1) is 0 Å². The summed E-state index contributed by atoms with van der Waals surface area (Å²) < 4.78 is 0. The smallest absolute Gasteiger partial charge is 0.356 e. The maximum absolute atomic E-state index is 8.25. The van der Waals surface area contributed by atoms with Gasteiger partial charge in [0.25, 0.3) is 0 Å². The summed E-state index contributed by atoms with van der Waals surface area (Å²) in [4.78, 5) is 8.25. The van der Waals surface area contributed by atoms with Gasteiger partial charge in [-0.2, -0.15) is 0 Å². The van der Waals surface area contributed by atoms with Gasteiger partial charge in [-0.25, -0.2) is 0 Å². The van der Waals surface area contributed by atoms with E-state index in [1.54, 1.807) is 0 Å². The zero-order valence-electron chi connectivity index (χ0n) is 2.03. The first kappa shape index (κ1) is 9.10. The van der Waals surface area contributed by atoms with Gasteiger partial charge in [0.05, 0.1) is 5.09 Å². The first-order valence-corrected chi connectivity index (χ1v) is 0.548. The standard InChI is InChI=1S/Gd.NO3/c;2-1(3)4/q+3;-1. The van der Waals surface area contributed by atoms with Crippen LogP contribution in [0.2, 0.25) is 0 Å². The molecule has 0 saturated carbocycles. The van der Waals surface area contributed by atoms with Crippen LogP contribution in [0, 0.1) is 55.3 Å². The molecule has 0 heterocycles. The summed E-state index contributed by atoms with van der Waals surface area (Å²) in [7, 11) is 0. The molecule has 0 amide bonds. The van der Waals surface area contributed by atoms with E-state index in [0.717, 1.165) is 0 Å². The largest absolute Gasteiger partial charge is 3.00 e. The maximum atomic E-state index is 8.25. The average molecular weight is 219 g/mol. The summed E-state index contributed by atoms with van der Waals surface area (Å²) in [5, 5.41) is 14.8. The monoisotopic (exact) mass is 220 g/mol. The van der Waals surface area contributed by atoms with Crippen LogP contribution in [-0.4, -0.2) is 5.09 Å². The predicted molar refractivity (Wildman–Crippen MR) is 10.4 cm³/mol. The Balaban J connectivity index is 0. The SMILES string of the molecule is O=[N+]([O-])[O-].[Gd+3]. The second-order valence-electron chi connectivity index (χ2n) is 0.224. The van der Waals surface area contributed by atoms with Gasteiger partial charge in [0.15, 0.2) is 0 Å². The Bertz CT molecular complexity index is 29.9. The van der Waals surface area contributed by atoms with Gasteiger partial charge in [-0.05, 0) is 0 Å². The molecule has 0 rings (SSSR count). The molecule has 0 saturated heterocycles. The summed E-state index contributed by atoms with van der Waals surface area (Å²) in [5.41, 5.74) is 0. The second-order valence-corrected chi connectivity index (χ2v) is 0.224. The van der Waals surface area contributed by atoms with Crippen LogP contribution in [0.4, 0.5) is 0 Å². The maximum Gasteiger partial charge on any atom is 3.00 e. The van der Waals surface area contributed by atoms with Crippen LogP contribution in [-0.2, 0) is 0 Å². The molecular formula is GdNO3+2. The quantitative estimate of drug-likeness (QED) is 0.417. The summed E-state index contributed by atoms with van der Waals surface area (Å²) in [6.07, 6.45) is 0. The number of rotatable bonds is 0. The summed E-state index contributed by atoms with van der Waals surface area (Å²) in [6.45, 7) is 0. The fraction of sp³-hybridized carbons (Fsp3) is 0. The minimum atomic E-state index is -1.75. The molecule has 1 radical (unpaired) electrons. The first-order chi connectivity index (χ1) is 1.73. The van der Waals surface area contributed by atoms with Crippen LogP contribution >= 0.6 is 0 Å². The van der Waals surface area contributed by atoms with E-state index in [4.69, 9.17) is 15.3 Å². The van der Waals surface area contributed by atoms with Crippen molar-refractivity contribution in [2.45, 2.75) is 0 Å². The Morgan fingerprint density at radius 3 is 1.40 bits per heavy atom. The average Bonchev–Trinajstić information content (AvgIpc) is 0.811. The Morgan fingerprint density at radius 1 is 1.40 bits per heavy atom. The molecule has 0 aliphatic rings. The molecule has 29 valence electrons. The van der Waals surface area contributed by atoms with Crippen molar-refractivity contribution in [1.82, 2.24) is 0 Å². The molecule has 4 nitrogen and oxygen atoms in total. The van der Waals surface area contributed by atoms with E-state index in [2.05, 4.69) is 0 Å². The van der Waals surface area contributed by atoms with Crippen molar-refractivity contribution in [2.24, 2.45) is 0 Å². The van der Waals surface area contributed by atoms with E-state index in [-0.39, 0.29) is 39.9 Å². The van der Waals surface area contributed by atoms with Crippen molar-refractivity contribution in [1.29, 1.82) is 0 Å². The molecule has 5 heavy (non-hydrogen) atoms. The molecule has 0 fully saturated rings. The van der Waals surface area contributed by atoms with Gasteiger partial charge in [-0.1, -0.05) is 0 Å². The molecular weight excluding hydrogens is 219 g/mol. The minimum Gasteiger partial charge on any atom is -0.356 e. The third kappa shape index (κ3) is 105. The summed E-state index contributed by atoms with van der Waals surface area (Å²) in [5.74, 6) is 0. The van der Waals surface area contributed by atoms with E-state index in [1.165, 1.54) is 0 Å². The van der Waals surface area contributed by atoms with E-state index in [9.17, 15) is 0 Å². The first-order valence-electron chi connectivity index (χ1n) is 0.548. The molecule has 0 spiro atoms. The van der Waals surface area contributed by atoms with Crippen molar-refractivity contribution >= 4 is 0 Å². The molecule has 5 heteroatoms. The second kappa shape index (κ2) is 4.52. The van der Waals surface area contributed by atoms with Crippen LogP contribution in [0.3, 0.4) is 0 Å².